The topological polar surface area (TPSA) is 38.9 Å². The van der Waals surface area contributed by atoms with E-state index >= 15 is 0 Å². The van der Waals surface area contributed by atoms with Crippen molar-refractivity contribution in [2.45, 2.75) is 13.8 Å². The second-order valence-corrected chi connectivity index (χ2v) is 4.06. The highest BCUT2D eigenvalue weighted by molar-refractivity contribution is 9.10. The van der Waals surface area contributed by atoms with E-state index in [1.807, 2.05) is 25.1 Å². The van der Waals surface area contributed by atoms with E-state index in [0.29, 0.717) is 11.8 Å². The van der Waals surface area contributed by atoms with Gasteiger partial charge in [0.25, 0.3) is 0 Å². The van der Waals surface area contributed by atoms with Gasteiger partial charge in [0.05, 0.1) is 0 Å². The van der Waals surface area contributed by atoms with Crippen LogP contribution in [-0.2, 0) is 0 Å². The van der Waals surface area contributed by atoms with Gasteiger partial charge in [-0.15, -0.1) is 10.2 Å². The largest absolute Gasteiger partial charge is 0.421 e. The molecular formula is C10H9BrN2O. The molecule has 0 saturated heterocycles. The van der Waals surface area contributed by atoms with Crippen LogP contribution in [0, 0.1) is 13.8 Å². The van der Waals surface area contributed by atoms with Gasteiger partial charge in [0, 0.05) is 17.0 Å². The lowest BCUT2D eigenvalue weighted by atomic mass is 10.1. The van der Waals surface area contributed by atoms with Crippen LogP contribution in [0.25, 0.3) is 11.5 Å². The number of halogens is 1. The van der Waals surface area contributed by atoms with Crippen LogP contribution < -0.4 is 0 Å². The molecule has 14 heavy (non-hydrogen) atoms. The maximum absolute atomic E-state index is 5.34. The molecule has 2 aromatic rings. The number of aryl methyl sites for hydroxylation is 2. The van der Waals surface area contributed by atoms with Crippen molar-refractivity contribution in [2.24, 2.45) is 0 Å². The molecule has 0 atom stereocenters. The summed E-state index contributed by atoms with van der Waals surface area (Å²) in [6.45, 7) is 3.80. The number of nitrogens with zero attached hydrogens (tertiary/aromatic N) is 2. The summed E-state index contributed by atoms with van der Waals surface area (Å²) in [5.41, 5.74) is 2.10. The minimum atomic E-state index is 0.562. The van der Waals surface area contributed by atoms with Crippen LogP contribution in [0.15, 0.2) is 27.1 Å². The van der Waals surface area contributed by atoms with Crippen LogP contribution >= 0.6 is 15.9 Å². The van der Waals surface area contributed by atoms with Crippen molar-refractivity contribution >= 4 is 15.9 Å². The maximum Gasteiger partial charge on any atom is 0.247 e. The van der Waals surface area contributed by atoms with Gasteiger partial charge in [-0.25, -0.2) is 0 Å². The Labute approximate surface area is 90.3 Å². The molecule has 3 nitrogen and oxygen atoms in total. The summed E-state index contributed by atoms with van der Waals surface area (Å²) >= 11 is 3.43. The maximum atomic E-state index is 5.34. The molecule has 0 unspecified atom stereocenters. The molecule has 0 fully saturated rings. The van der Waals surface area contributed by atoms with Crippen molar-refractivity contribution in [3.8, 4) is 11.5 Å². The minimum absolute atomic E-state index is 0.562. The summed E-state index contributed by atoms with van der Waals surface area (Å²) in [6, 6.07) is 6.00. The Morgan fingerprint density at radius 1 is 1.14 bits per heavy atom. The van der Waals surface area contributed by atoms with E-state index in [0.717, 1.165) is 15.6 Å². The highest BCUT2D eigenvalue weighted by atomic mass is 79.9. The van der Waals surface area contributed by atoms with Gasteiger partial charge in [-0.3, -0.25) is 0 Å². The molecule has 0 N–H and O–H groups in total. The molecule has 4 heteroatoms. The van der Waals surface area contributed by atoms with Gasteiger partial charge < -0.3 is 4.42 Å². The van der Waals surface area contributed by atoms with Gasteiger partial charge in [0.1, 0.15) is 0 Å². The zero-order valence-electron chi connectivity index (χ0n) is 7.91. The monoisotopic (exact) mass is 252 g/mol. The van der Waals surface area contributed by atoms with E-state index in [1.54, 1.807) is 6.92 Å². The lowest BCUT2D eigenvalue weighted by Gasteiger charge is -1.98. The number of benzene rings is 1. The molecule has 2 rings (SSSR count). The van der Waals surface area contributed by atoms with E-state index in [9.17, 15) is 0 Å². The second kappa shape index (κ2) is 3.53. The van der Waals surface area contributed by atoms with E-state index in [2.05, 4.69) is 26.1 Å². The van der Waals surface area contributed by atoms with Crippen LogP contribution in [0.3, 0.4) is 0 Å². The minimum Gasteiger partial charge on any atom is -0.421 e. The molecule has 0 radical (unpaired) electrons. The van der Waals surface area contributed by atoms with E-state index in [4.69, 9.17) is 4.42 Å². The van der Waals surface area contributed by atoms with Gasteiger partial charge in [-0.1, -0.05) is 15.9 Å². The first kappa shape index (κ1) is 9.40. The molecule has 0 aliphatic rings. The van der Waals surface area contributed by atoms with Crippen molar-refractivity contribution in [3.05, 3.63) is 34.1 Å². The first-order chi connectivity index (χ1) is 6.65. The van der Waals surface area contributed by atoms with Crippen molar-refractivity contribution in [1.82, 2.24) is 10.2 Å². The smallest absolute Gasteiger partial charge is 0.247 e. The van der Waals surface area contributed by atoms with Crippen LogP contribution in [0.2, 0.25) is 0 Å². The SMILES string of the molecule is Cc1cc(Br)cc(-c2nnc(C)o2)c1. The molecule has 1 aromatic heterocycles. The predicted octanol–water partition coefficient (Wildman–Crippen LogP) is 3.12. The fourth-order valence-corrected chi connectivity index (χ4v) is 1.88. The first-order valence-corrected chi connectivity index (χ1v) is 5.02. The Balaban J connectivity index is 2.51. The summed E-state index contributed by atoms with van der Waals surface area (Å²) in [7, 11) is 0. The third-order valence-corrected chi connectivity index (χ3v) is 2.27. The van der Waals surface area contributed by atoms with E-state index in [1.165, 1.54) is 0 Å². The summed E-state index contributed by atoms with van der Waals surface area (Å²) in [5, 5.41) is 7.75. The normalized spacial score (nSPS) is 10.5. The highest BCUT2D eigenvalue weighted by Crippen LogP contribution is 2.23. The Morgan fingerprint density at radius 3 is 2.50 bits per heavy atom. The van der Waals surface area contributed by atoms with Crippen molar-refractivity contribution < 1.29 is 4.42 Å². The fraction of sp³-hybridized carbons (Fsp3) is 0.200. The summed E-state index contributed by atoms with van der Waals surface area (Å²) in [6.07, 6.45) is 0. The lowest BCUT2D eigenvalue weighted by molar-refractivity contribution is 0.532. The first-order valence-electron chi connectivity index (χ1n) is 4.23. The molecule has 72 valence electrons. The molecule has 0 spiro atoms. The fourth-order valence-electron chi connectivity index (χ4n) is 1.27. The Bertz CT molecular complexity index is 445. The summed E-state index contributed by atoms with van der Waals surface area (Å²) in [4.78, 5) is 0. The third kappa shape index (κ3) is 1.85. The van der Waals surface area contributed by atoms with Gasteiger partial charge >= 0.3 is 0 Å². The zero-order chi connectivity index (χ0) is 10.1. The van der Waals surface area contributed by atoms with E-state index < -0.39 is 0 Å². The van der Waals surface area contributed by atoms with E-state index in [-0.39, 0.29) is 0 Å². The second-order valence-electron chi connectivity index (χ2n) is 3.14. The molecule has 0 saturated carbocycles. The van der Waals surface area contributed by atoms with Crippen LogP contribution in [0.5, 0.6) is 0 Å². The molecule has 0 amide bonds. The summed E-state index contributed by atoms with van der Waals surface area (Å²) in [5.74, 6) is 1.14. The molecule has 1 heterocycles. The highest BCUT2D eigenvalue weighted by Gasteiger charge is 2.06. The van der Waals surface area contributed by atoms with Crippen LogP contribution in [-0.4, -0.2) is 10.2 Å². The quantitative estimate of drug-likeness (QED) is 0.783. The number of hydrogen-bond donors (Lipinski definition) is 0. The summed E-state index contributed by atoms with van der Waals surface area (Å²) < 4.78 is 6.35. The molecular weight excluding hydrogens is 244 g/mol. The Hall–Kier alpha value is -1.16. The van der Waals surface area contributed by atoms with Crippen LogP contribution in [0.1, 0.15) is 11.5 Å². The standard InChI is InChI=1S/C10H9BrN2O/c1-6-3-8(5-9(11)4-6)10-13-12-7(2)14-10/h3-5H,1-2H3. The Kier molecular flexibility index (Phi) is 2.37. The lowest BCUT2D eigenvalue weighted by Crippen LogP contribution is -1.80. The average Bonchev–Trinajstić information content (AvgIpc) is 2.50. The average molecular weight is 253 g/mol. The zero-order valence-corrected chi connectivity index (χ0v) is 9.50. The predicted molar refractivity (Wildman–Crippen MR) is 56.9 cm³/mol. The molecule has 0 aliphatic carbocycles. The van der Waals surface area contributed by atoms with Crippen molar-refractivity contribution in [3.63, 3.8) is 0 Å². The number of hydrogen-bond acceptors (Lipinski definition) is 3. The third-order valence-electron chi connectivity index (χ3n) is 1.82. The molecule has 0 aliphatic heterocycles. The van der Waals surface area contributed by atoms with Gasteiger partial charge in [-0.05, 0) is 30.7 Å². The van der Waals surface area contributed by atoms with Gasteiger partial charge in [0.2, 0.25) is 11.8 Å². The number of aromatic nitrogens is 2. The van der Waals surface area contributed by atoms with Gasteiger partial charge in [-0.2, -0.15) is 0 Å². The molecule has 1 aromatic carbocycles. The molecule has 0 bridgehead atoms. The van der Waals surface area contributed by atoms with Gasteiger partial charge in [0.15, 0.2) is 0 Å². The number of rotatable bonds is 1. The van der Waals surface area contributed by atoms with Crippen LogP contribution in [0.4, 0.5) is 0 Å². The van der Waals surface area contributed by atoms with Crippen molar-refractivity contribution in [2.75, 3.05) is 0 Å². The Morgan fingerprint density at radius 2 is 1.93 bits per heavy atom. The van der Waals surface area contributed by atoms with Crippen molar-refractivity contribution in [1.29, 1.82) is 0 Å².